The molecule has 16 heavy (non-hydrogen) atoms. The Balaban J connectivity index is 1.97. The van der Waals surface area contributed by atoms with E-state index in [-0.39, 0.29) is 0 Å². The number of aromatic nitrogens is 2. The van der Waals surface area contributed by atoms with Crippen molar-refractivity contribution in [3.63, 3.8) is 0 Å². The fourth-order valence-electron chi connectivity index (χ4n) is 1.55. The van der Waals surface area contributed by atoms with Crippen LogP contribution in [0, 0.1) is 13.8 Å². The van der Waals surface area contributed by atoms with Crippen LogP contribution in [-0.4, -0.2) is 9.97 Å². The number of nitrogens with zero attached hydrogens (tertiary/aromatic N) is 2. The first-order chi connectivity index (χ1) is 7.74. The van der Waals surface area contributed by atoms with Crippen LogP contribution in [0.15, 0.2) is 36.7 Å². The summed E-state index contributed by atoms with van der Waals surface area (Å²) in [6.45, 7) is 4.11. The Morgan fingerprint density at radius 3 is 1.50 bits per heavy atom. The van der Waals surface area contributed by atoms with Crippen molar-refractivity contribution in [2.24, 2.45) is 0 Å². The zero-order valence-electron chi connectivity index (χ0n) is 9.77. The highest BCUT2D eigenvalue weighted by molar-refractivity contribution is 5.15. The Morgan fingerprint density at radius 1 is 0.750 bits per heavy atom. The first-order valence-corrected chi connectivity index (χ1v) is 5.57. The van der Waals surface area contributed by atoms with Gasteiger partial charge in [-0.2, -0.15) is 0 Å². The van der Waals surface area contributed by atoms with E-state index in [1.54, 1.807) is 0 Å². The van der Waals surface area contributed by atoms with Gasteiger partial charge < -0.3 is 0 Å². The van der Waals surface area contributed by atoms with Gasteiger partial charge in [0.25, 0.3) is 0 Å². The molecule has 0 fully saturated rings. The quantitative estimate of drug-likeness (QED) is 0.781. The Kier molecular flexibility index (Phi) is 3.30. The van der Waals surface area contributed by atoms with Crippen molar-refractivity contribution in [3.05, 3.63) is 59.2 Å². The van der Waals surface area contributed by atoms with E-state index in [1.165, 1.54) is 11.1 Å². The van der Waals surface area contributed by atoms with Gasteiger partial charge in [-0.25, -0.2) is 0 Å². The van der Waals surface area contributed by atoms with Crippen LogP contribution in [0.25, 0.3) is 0 Å². The zero-order chi connectivity index (χ0) is 11.4. The van der Waals surface area contributed by atoms with E-state index >= 15 is 0 Å². The van der Waals surface area contributed by atoms with Gasteiger partial charge in [0.05, 0.1) is 0 Å². The Bertz CT molecular complexity index is 398. The predicted octanol–water partition coefficient (Wildman–Crippen LogP) is 2.88. The van der Waals surface area contributed by atoms with Crippen LogP contribution in [0.1, 0.15) is 22.5 Å². The summed E-state index contributed by atoms with van der Waals surface area (Å²) >= 11 is 0. The molecule has 0 aliphatic heterocycles. The Labute approximate surface area is 96.4 Å². The molecule has 2 heteroatoms. The molecule has 0 atom stereocenters. The minimum atomic E-state index is 0.955. The van der Waals surface area contributed by atoms with E-state index in [2.05, 4.69) is 48.1 Å². The summed E-state index contributed by atoms with van der Waals surface area (Å²) in [7, 11) is 0. The summed E-state index contributed by atoms with van der Waals surface area (Å²) in [5, 5.41) is 0. The van der Waals surface area contributed by atoms with Gasteiger partial charge in [-0.1, -0.05) is 12.1 Å². The third-order valence-electron chi connectivity index (χ3n) is 2.58. The number of aryl methyl sites for hydroxylation is 4. The van der Waals surface area contributed by atoms with Crippen LogP contribution in [-0.2, 0) is 12.8 Å². The molecule has 2 heterocycles. The second-order valence-corrected chi connectivity index (χ2v) is 4.15. The van der Waals surface area contributed by atoms with E-state index in [0.29, 0.717) is 0 Å². The second kappa shape index (κ2) is 4.88. The lowest BCUT2D eigenvalue weighted by Crippen LogP contribution is -1.96. The number of pyridine rings is 2. The van der Waals surface area contributed by atoms with Crippen molar-refractivity contribution in [1.82, 2.24) is 9.97 Å². The molecule has 0 aliphatic rings. The Morgan fingerprint density at radius 2 is 1.19 bits per heavy atom. The maximum absolute atomic E-state index is 4.38. The largest absolute Gasteiger partial charge is 0.261 e. The molecule has 2 aromatic heterocycles. The lowest BCUT2D eigenvalue weighted by molar-refractivity contribution is 0.876. The van der Waals surface area contributed by atoms with Gasteiger partial charge in [-0.05, 0) is 49.9 Å². The average molecular weight is 212 g/mol. The van der Waals surface area contributed by atoms with Gasteiger partial charge >= 0.3 is 0 Å². The lowest BCUT2D eigenvalue weighted by atomic mass is 10.1. The van der Waals surface area contributed by atoms with Crippen LogP contribution in [0.5, 0.6) is 0 Å². The van der Waals surface area contributed by atoms with E-state index in [4.69, 9.17) is 0 Å². The first-order valence-electron chi connectivity index (χ1n) is 5.57. The van der Waals surface area contributed by atoms with Crippen LogP contribution < -0.4 is 0 Å². The third kappa shape index (κ3) is 2.89. The molecule has 0 amide bonds. The van der Waals surface area contributed by atoms with Crippen molar-refractivity contribution in [2.75, 3.05) is 0 Å². The van der Waals surface area contributed by atoms with Crippen molar-refractivity contribution in [3.8, 4) is 0 Å². The highest BCUT2D eigenvalue weighted by atomic mass is 14.7. The average Bonchev–Trinajstić information content (AvgIpc) is 2.30. The van der Waals surface area contributed by atoms with Crippen LogP contribution in [0.4, 0.5) is 0 Å². The summed E-state index contributed by atoms with van der Waals surface area (Å²) in [4.78, 5) is 8.77. The smallest absolute Gasteiger partial charge is 0.0407 e. The Hall–Kier alpha value is -1.70. The first kappa shape index (κ1) is 10.8. The monoisotopic (exact) mass is 212 g/mol. The summed E-state index contributed by atoms with van der Waals surface area (Å²) in [6.07, 6.45) is 5.74. The standard InChI is InChI=1S/C14H16N2/c1-11-3-5-13(15-9-11)7-8-14-6-4-12(2)10-16-14/h3-6,9-10H,7-8H2,1-2H3. The molecule has 0 aromatic carbocycles. The van der Waals surface area contributed by atoms with Crippen molar-refractivity contribution in [1.29, 1.82) is 0 Å². The van der Waals surface area contributed by atoms with Gasteiger partial charge in [0.15, 0.2) is 0 Å². The molecule has 0 saturated carbocycles. The predicted molar refractivity (Wildman–Crippen MR) is 65.4 cm³/mol. The van der Waals surface area contributed by atoms with Crippen LogP contribution in [0.2, 0.25) is 0 Å². The van der Waals surface area contributed by atoms with Crippen LogP contribution in [0.3, 0.4) is 0 Å². The molecule has 0 aliphatic carbocycles. The maximum atomic E-state index is 4.38. The molecule has 0 saturated heterocycles. The summed E-state index contributed by atoms with van der Waals surface area (Å²) in [5.41, 5.74) is 4.68. The summed E-state index contributed by atoms with van der Waals surface area (Å²) in [5.74, 6) is 0. The zero-order valence-corrected chi connectivity index (χ0v) is 9.77. The SMILES string of the molecule is Cc1ccc(CCc2ccc(C)cn2)nc1. The molecule has 0 unspecified atom stereocenters. The molecule has 82 valence electrons. The van der Waals surface area contributed by atoms with Crippen molar-refractivity contribution in [2.45, 2.75) is 26.7 Å². The number of hydrogen-bond donors (Lipinski definition) is 0. The van der Waals surface area contributed by atoms with Gasteiger partial charge in [0.1, 0.15) is 0 Å². The summed E-state index contributed by atoms with van der Waals surface area (Å²) < 4.78 is 0. The molecule has 2 aromatic rings. The van der Waals surface area contributed by atoms with Gasteiger partial charge in [-0.3, -0.25) is 9.97 Å². The normalized spacial score (nSPS) is 10.4. The highest BCUT2D eigenvalue weighted by Crippen LogP contribution is 2.05. The van der Waals surface area contributed by atoms with E-state index in [0.717, 1.165) is 24.2 Å². The minimum absolute atomic E-state index is 0.955. The van der Waals surface area contributed by atoms with E-state index in [1.807, 2.05) is 12.4 Å². The molecule has 0 radical (unpaired) electrons. The molecular formula is C14H16N2. The molecule has 2 nitrogen and oxygen atoms in total. The number of hydrogen-bond acceptors (Lipinski definition) is 2. The third-order valence-corrected chi connectivity index (χ3v) is 2.58. The van der Waals surface area contributed by atoms with Crippen molar-refractivity contribution < 1.29 is 0 Å². The second-order valence-electron chi connectivity index (χ2n) is 4.15. The molecule has 0 bridgehead atoms. The lowest BCUT2D eigenvalue weighted by Gasteiger charge is -2.01. The highest BCUT2D eigenvalue weighted by Gasteiger charge is 1.97. The molecule has 0 spiro atoms. The van der Waals surface area contributed by atoms with Crippen LogP contribution >= 0.6 is 0 Å². The topological polar surface area (TPSA) is 25.8 Å². The molecule has 0 N–H and O–H groups in total. The minimum Gasteiger partial charge on any atom is -0.261 e. The number of rotatable bonds is 3. The van der Waals surface area contributed by atoms with Crippen molar-refractivity contribution >= 4 is 0 Å². The summed E-state index contributed by atoms with van der Waals surface area (Å²) in [6, 6.07) is 8.38. The fraction of sp³-hybridized carbons (Fsp3) is 0.286. The van der Waals surface area contributed by atoms with Gasteiger partial charge in [-0.15, -0.1) is 0 Å². The van der Waals surface area contributed by atoms with E-state index < -0.39 is 0 Å². The van der Waals surface area contributed by atoms with Gasteiger partial charge in [0, 0.05) is 23.8 Å². The van der Waals surface area contributed by atoms with Gasteiger partial charge in [0.2, 0.25) is 0 Å². The molecular weight excluding hydrogens is 196 g/mol. The molecule has 2 rings (SSSR count). The maximum Gasteiger partial charge on any atom is 0.0407 e. The fourth-order valence-corrected chi connectivity index (χ4v) is 1.55. The van der Waals surface area contributed by atoms with E-state index in [9.17, 15) is 0 Å².